The highest BCUT2D eigenvalue weighted by Gasteiger charge is 2.07. The predicted octanol–water partition coefficient (Wildman–Crippen LogP) is 3.69. The normalized spacial score (nSPS) is 10.5. The van der Waals surface area contributed by atoms with Crippen molar-refractivity contribution < 1.29 is 24.1 Å². The standard InChI is InChI=1S/C21H24O5/c1-24-21(23)19-11-7-17(8-12-19)10-14-20(22)13-9-16-3-5-18(6-4-16)15-26-25-2/h3-8,11-12H,9-10,13-15H2,1-2H3. The summed E-state index contributed by atoms with van der Waals surface area (Å²) in [6.07, 6.45) is 2.42. The van der Waals surface area contributed by atoms with E-state index in [4.69, 9.17) is 4.89 Å². The lowest BCUT2D eigenvalue weighted by molar-refractivity contribution is -0.282. The maximum absolute atomic E-state index is 12.1. The van der Waals surface area contributed by atoms with Crippen molar-refractivity contribution in [1.82, 2.24) is 0 Å². The van der Waals surface area contributed by atoms with Crippen LogP contribution in [0.3, 0.4) is 0 Å². The van der Waals surface area contributed by atoms with Crippen LogP contribution in [0.1, 0.15) is 39.9 Å². The van der Waals surface area contributed by atoms with Gasteiger partial charge in [-0.3, -0.25) is 4.79 Å². The summed E-state index contributed by atoms with van der Waals surface area (Å²) in [5, 5.41) is 0. The Morgan fingerprint density at radius 1 is 0.769 bits per heavy atom. The zero-order valence-corrected chi connectivity index (χ0v) is 15.2. The van der Waals surface area contributed by atoms with Crippen LogP contribution in [-0.2, 0) is 38.8 Å². The molecule has 0 spiro atoms. The molecule has 5 heteroatoms. The van der Waals surface area contributed by atoms with Gasteiger partial charge in [-0.15, -0.1) is 0 Å². The van der Waals surface area contributed by atoms with Crippen molar-refractivity contribution in [3.05, 3.63) is 70.8 Å². The summed E-state index contributed by atoms with van der Waals surface area (Å²) in [5.74, 6) is -0.124. The molecule has 0 aliphatic carbocycles. The van der Waals surface area contributed by atoms with E-state index in [2.05, 4.69) is 9.62 Å². The van der Waals surface area contributed by atoms with Crippen LogP contribution >= 0.6 is 0 Å². The Hall–Kier alpha value is -2.50. The van der Waals surface area contributed by atoms with E-state index >= 15 is 0 Å². The van der Waals surface area contributed by atoms with Crippen LogP contribution in [0.5, 0.6) is 0 Å². The summed E-state index contributed by atoms with van der Waals surface area (Å²) in [5.41, 5.74) is 3.70. The second-order valence-electron chi connectivity index (χ2n) is 5.97. The maximum Gasteiger partial charge on any atom is 0.337 e. The molecular formula is C21H24O5. The highest BCUT2D eigenvalue weighted by atomic mass is 17.2. The Balaban J connectivity index is 1.74. The highest BCUT2D eigenvalue weighted by molar-refractivity contribution is 5.89. The van der Waals surface area contributed by atoms with Gasteiger partial charge >= 0.3 is 5.97 Å². The molecule has 2 aromatic carbocycles. The van der Waals surface area contributed by atoms with Crippen molar-refractivity contribution in [1.29, 1.82) is 0 Å². The van der Waals surface area contributed by atoms with Gasteiger partial charge in [0.15, 0.2) is 0 Å². The Morgan fingerprint density at radius 2 is 1.27 bits per heavy atom. The Morgan fingerprint density at radius 3 is 1.77 bits per heavy atom. The van der Waals surface area contributed by atoms with Gasteiger partial charge in [0.25, 0.3) is 0 Å². The molecule has 0 bridgehead atoms. The molecule has 0 saturated heterocycles. The number of rotatable bonds is 10. The van der Waals surface area contributed by atoms with Gasteiger partial charge in [0.1, 0.15) is 12.4 Å². The van der Waals surface area contributed by atoms with Crippen molar-refractivity contribution in [2.24, 2.45) is 0 Å². The summed E-state index contributed by atoms with van der Waals surface area (Å²) in [6.45, 7) is 0.407. The Kier molecular flexibility index (Phi) is 7.99. The van der Waals surface area contributed by atoms with E-state index in [1.165, 1.54) is 14.2 Å². The molecule has 0 heterocycles. The summed E-state index contributed by atoms with van der Waals surface area (Å²) in [7, 11) is 2.84. The number of carbonyl (C=O) groups excluding carboxylic acids is 2. The molecule has 0 fully saturated rings. The van der Waals surface area contributed by atoms with Gasteiger partial charge < -0.3 is 4.74 Å². The van der Waals surface area contributed by atoms with Crippen molar-refractivity contribution >= 4 is 11.8 Å². The van der Waals surface area contributed by atoms with E-state index in [0.717, 1.165) is 23.1 Å². The first-order valence-electron chi connectivity index (χ1n) is 8.54. The van der Waals surface area contributed by atoms with Gasteiger partial charge in [0.2, 0.25) is 0 Å². The average Bonchev–Trinajstić information content (AvgIpc) is 2.69. The Labute approximate surface area is 153 Å². The molecule has 0 aliphatic rings. The van der Waals surface area contributed by atoms with E-state index in [-0.39, 0.29) is 11.8 Å². The summed E-state index contributed by atoms with van der Waals surface area (Å²) in [4.78, 5) is 33.0. The third kappa shape index (κ3) is 6.43. The quantitative estimate of drug-likeness (QED) is 0.369. The molecule has 0 atom stereocenters. The molecule has 138 valence electrons. The van der Waals surface area contributed by atoms with Gasteiger partial charge in [-0.1, -0.05) is 36.4 Å². The minimum atomic E-state index is -0.354. The molecule has 2 aromatic rings. The number of methoxy groups -OCH3 is 1. The van der Waals surface area contributed by atoms with Gasteiger partial charge in [0, 0.05) is 12.8 Å². The van der Waals surface area contributed by atoms with E-state index < -0.39 is 0 Å². The number of ketones is 1. The highest BCUT2D eigenvalue weighted by Crippen LogP contribution is 2.11. The SMILES string of the molecule is COOCc1ccc(CCC(=O)CCc2ccc(C(=O)OC)cc2)cc1. The number of ether oxygens (including phenoxy) is 1. The molecule has 0 amide bonds. The van der Waals surface area contributed by atoms with Crippen LogP contribution in [0, 0.1) is 0 Å². The van der Waals surface area contributed by atoms with Crippen LogP contribution in [0.15, 0.2) is 48.5 Å². The molecule has 0 radical (unpaired) electrons. The molecule has 2 rings (SSSR count). The van der Waals surface area contributed by atoms with E-state index in [1.54, 1.807) is 12.1 Å². The summed E-state index contributed by atoms with van der Waals surface area (Å²) < 4.78 is 4.67. The molecule has 0 unspecified atom stereocenters. The third-order valence-electron chi connectivity index (χ3n) is 4.13. The van der Waals surface area contributed by atoms with Gasteiger partial charge in [-0.25, -0.2) is 14.6 Å². The zero-order valence-electron chi connectivity index (χ0n) is 15.2. The first kappa shape index (κ1) is 19.8. The number of hydrogen-bond donors (Lipinski definition) is 0. The number of benzene rings is 2. The van der Waals surface area contributed by atoms with E-state index in [9.17, 15) is 9.59 Å². The lowest BCUT2D eigenvalue weighted by atomic mass is 10.0. The van der Waals surface area contributed by atoms with Crippen LogP contribution in [0.4, 0.5) is 0 Å². The monoisotopic (exact) mass is 356 g/mol. The zero-order chi connectivity index (χ0) is 18.8. The lowest BCUT2D eigenvalue weighted by Crippen LogP contribution is -2.03. The predicted molar refractivity (Wildman–Crippen MR) is 97.7 cm³/mol. The van der Waals surface area contributed by atoms with Gasteiger partial charge in [0.05, 0.1) is 19.8 Å². The minimum Gasteiger partial charge on any atom is -0.465 e. The number of hydrogen-bond acceptors (Lipinski definition) is 5. The van der Waals surface area contributed by atoms with Crippen molar-refractivity contribution in [3.8, 4) is 0 Å². The summed E-state index contributed by atoms with van der Waals surface area (Å²) in [6, 6.07) is 15.1. The van der Waals surface area contributed by atoms with Gasteiger partial charge in [-0.2, -0.15) is 0 Å². The van der Waals surface area contributed by atoms with Crippen LogP contribution in [-0.4, -0.2) is 26.0 Å². The van der Waals surface area contributed by atoms with Crippen molar-refractivity contribution in [3.63, 3.8) is 0 Å². The molecule has 0 saturated carbocycles. The minimum absolute atomic E-state index is 0.230. The third-order valence-corrected chi connectivity index (χ3v) is 4.13. The average molecular weight is 356 g/mol. The van der Waals surface area contributed by atoms with E-state index in [1.807, 2.05) is 36.4 Å². The molecule has 0 N–H and O–H groups in total. The lowest BCUT2D eigenvalue weighted by Gasteiger charge is -2.05. The fourth-order valence-corrected chi connectivity index (χ4v) is 2.55. The molecule has 5 nitrogen and oxygen atoms in total. The van der Waals surface area contributed by atoms with Crippen LogP contribution in [0.25, 0.3) is 0 Å². The summed E-state index contributed by atoms with van der Waals surface area (Å²) >= 11 is 0. The molecule has 0 aliphatic heterocycles. The van der Waals surface area contributed by atoms with Gasteiger partial charge in [-0.05, 0) is 41.7 Å². The van der Waals surface area contributed by atoms with E-state index in [0.29, 0.717) is 31.4 Å². The first-order valence-corrected chi connectivity index (χ1v) is 8.54. The number of esters is 1. The first-order chi connectivity index (χ1) is 12.6. The number of aryl methyl sites for hydroxylation is 2. The maximum atomic E-state index is 12.1. The van der Waals surface area contributed by atoms with Crippen molar-refractivity contribution in [2.75, 3.05) is 14.2 Å². The van der Waals surface area contributed by atoms with Crippen LogP contribution < -0.4 is 0 Å². The Bertz CT molecular complexity index is 704. The molecule has 26 heavy (non-hydrogen) atoms. The fourth-order valence-electron chi connectivity index (χ4n) is 2.55. The molecule has 0 aromatic heterocycles. The fraction of sp³-hybridized carbons (Fsp3) is 0.333. The second kappa shape index (κ2) is 10.5. The van der Waals surface area contributed by atoms with Crippen LogP contribution in [0.2, 0.25) is 0 Å². The number of carbonyl (C=O) groups is 2. The number of Topliss-reactive ketones (excluding diaryl/α,β-unsaturated/α-hetero) is 1. The smallest absolute Gasteiger partial charge is 0.337 e. The molecular weight excluding hydrogens is 332 g/mol. The largest absolute Gasteiger partial charge is 0.465 e. The second-order valence-corrected chi connectivity index (χ2v) is 5.97. The van der Waals surface area contributed by atoms with Crippen molar-refractivity contribution in [2.45, 2.75) is 32.3 Å². The topological polar surface area (TPSA) is 61.8 Å².